The van der Waals surface area contributed by atoms with E-state index in [1.807, 2.05) is 30.3 Å². The third-order valence-electron chi connectivity index (χ3n) is 1.90. The Bertz CT molecular complexity index is 422. The summed E-state index contributed by atoms with van der Waals surface area (Å²) in [5, 5.41) is 4.62. The maximum absolute atomic E-state index is 5.58. The normalized spacial score (nSPS) is 10.4. The van der Waals surface area contributed by atoms with Crippen LogP contribution in [0, 0.1) is 0 Å². The van der Waals surface area contributed by atoms with Crippen molar-refractivity contribution in [1.82, 2.24) is 5.16 Å². The van der Waals surface area contributed by atoms with E-state index in [1.165, 1.54) is 0 Å². The Labute approximate surface area is 90.0 Å². The first-order valence-electron chi connectivity index (χ1n) is 4.17. The van der Waals surface area contributed by atoms with Gasteiger partial charge in [0.1, 0.15) is 11.5 Å². The highest BCUT2D eigenvalue weighted by molar-refractivity contribution is 9.08. The van der Waals surface area contributed by atoms with Crippen LogP contribution in [0.2, 0.25) is 0 Å². The molecule has 0 fully saturated rings. The average Bonchev–Trinajstić information content (AvgIpc) is 2.67. The zero-order valence-electron chi connectivity index (χ0n) is 7.40. The number of nitrogen functional groups attached to an aromatic ring is 1. The molecule has 2 rings (SSSR count). The van der Waals surface area contributed by atoms with Gasteiger partial charge in [-0.2, -0.15) is 0 Å². The van der Waals surface area contributed by atoms with E-state index in [9.17, 15) is 0 Å². The molecular formula is C10H9BrN2O. The Morgan fingerprint density at radius 1 is 1.29 bits per heavy atom. The van der Waals surface area contributed by atoms with Crippen LogP contribution in [0.25, 0.3) is 11.3 Å². The van der Waals surface area contributed by atoms with Crippen molar-refractivity contribution in [3.8, 4) is 11.3 Å². The number of hydrogen-bond donors (Lipinski definition) is 1. The van der Waals surface area contributed by atoms with Crippen molar-refractivity contribution in [3.05, 3.63) is 36.1 Å². The number of halogens is 1. The number of anilines is 1. The molecule has 72 valence electrons. The van der Waals surface area contributed by atoms with Gasteiger partial charge in [-0.1, -0.05) is 33.2 Å². The number of nitrogens with two attached hydrogens (primary N) is 1. The minimum atomic E-state index is 0.676. The van der Waals surface area contributed by atoms with E-state index in [2.05, 4.69) is 21.1 Å². The van der Waals surface area contributed by atoms with Crippen molar-refractivity contribution in [2.24, 2.45) is 0 Å². The summed E-state index contributed by atoms with van der Waals surface area (Å²) in [5.41, 5.74) is 8.18. The molecule has 0 spiro atoms. The predicted octanol–water partition coefficient (Wildman–Crippen LogP) is 2.82. The second-order valence-electron chi connectivity index (χ2n) is 2.93. The number of nitrogens with zero attached hydrogens (tertiary/aromatic N) is 1. The van der Waals surface area contributed by atoms with Crippen molar-refractivity contribution in [1.29, 1.82) is 0 Å². The summed E-state index contributed by atoms with van der Waals surface area (Å²) in [7, 11) is 0. The number of hydrogen-bond acceptors (Lipinski definition) is 3. The smallest absolute Gasteiger partial charge is 0.147 e. The predicted molar refractivity (Wildman–Crippen MR) is 59.0 cm³/mol. The lowest BCUT2D eigenvalue weighted by molar-refractivity contribution is 0.398. The summed E-state index contributed by atoms with van der Waals surface area (Å²) in [6.07, 6.45) is 0. The van der Waals surface area contributed by atoms with Crippen LogP contribution >= 0.6 is 15.9 Å². The van der Waals surface area contributed by atoms with Crippen molar-refractivity contribution >= 4 is 21.6 Å². The molecule has 1 aromatic carbocycles. The van der Waals surface area contributed by atoms with Crippen LogP contribution in [0.1, 0.15) is 5.76 Å². The van der Waals surface area contributed by atoms with Gasteiger partial charge in [0.05, 0.1) is 5.33 Å². The van der Waals surface area contributed by atoms with Gasteiger partial charge < -0.3 is 10.3 Å². The first-order chi connectivity index (χ1) is 6.79. The van der Waals surface area contributed by atoms with Crippen molar-refractivity contribution < 1.29 is 4.52 Å². The molecule has 0 atom stereocenters. The lowest BCUT2D eigenvalue weighted by atomic mass is 10.1. The SMILES string of the molecule is Nc1ccc(-c2cc(CBr)on2)cc1. The summed E-state index contributed by atoms with van der Waals surface area (Å²) < 4.78 is 5.07. The molecule has 0 aliphatic heterocycles. The third kappa shape index (κ3) is 1.80. The largest absolute Gasteiger partial charge is 0.399 e. The van der Waals surface area contributed by atoms with Gasteiger partial charge in [0.15, 0.2) is 0 Å². The Hall–Kier alpha value is -1.29. The standard InChI is InChI=1S/C10H9BrN2O/c11-6-9-5-10(13-14-9)7-1-3-8(12)4-2-7/h1-5H,6,12H2. The number of aromatic nitrogens is 1. The Morgan fingerprint density at radius 3 is 2.57 bits per heavy atom. The van der Waals surface area contributed by atoms with Crippen molar-refractivity contribution in [3.63, 3.8) is 0 Å². The first kappa shape index (κ1) is 9.27. The highest BCUT2D eigenvalue weighted by Crippen LogP contribution is 2.21. The van der Waals surface area contributed by atoms with Crippen LogP contribution in [0.4, 0.5) is 5.69 Å². The number of benzene rings is 1. The molecule has 0 bridgehead atoms. The van der Waals surface area contributed by atoms with Crippen molar-refractivity contribution in [2.75, 3.05) is 5.73 Å². The van der Waals surface area contributed by atoms with Gasteiger partial charge >= 0.3 is 0 Å². The van der Waals surface area contributed by atoms with Crippen LogP contribution in [-0.4, -0.2) is 5.16 Å². The lowest BCUT2D eigenvalue weighted by Gasteiger charge is -1.95. The summed E-state index contributed by atoms with van der Waals surface area (Å²) in [6.45, 7) is 0. The van der Waals surface area contributed by atoms with E-state index in [1.54, 1.807) is 0 Å². The van der Waals surface area contributed by atoms with E-state index < -0.39 is 0 Å². The molecule has 0 amide bonds. The van der Waals surface area contributed by atoms with Gasteiger partial charge in [-0.3, -0.25) is 0 Å². The Balaban J connectivity index is 2.34. The van der Waals surface area contributed by atoms with E-state index in [4.69, 9.17) is 10.3 Å². The van der Waals surface area contributed by atoms with E-state index in [0.29, 0.717) is 5.33 Å². The van der Waals surface area contributed by atoms with Gasteiger partial charge in [0.2, 0.25) is 0 Å². The molecule has 14 heavy (non-hydrogen) atoms. The fourth-order valence-electron chi connectivity index (χ4n) is 1.17. The molecule has 3 nitrogen and oxygen atoms in total. The topological polar surface area (TPSA) is 52.0 Å². The average molecular weight is 253 g/mol. The molecule has 0 saturated carbocycles. The minimum absolute atomic E-state index is 0.676. The highest BCUT2D eigenvalue weighted by Gasteiger charge is 2.04. The first-order valence-corrected chi connectivity index (χ1v) is 5.29. The molecule has 1 aromatic heterocycles. The third-order valence-corrected chi connectivity index (χ3v) is 2.45. The van der Waals surface area contributed by atoms with Gasteiger partial charge in [-0.15, -0.1) is 0 Å². The molecule has 2 aromatic rings. The zero-order valence-corrected chi connectivity index (χ0v) is 8.99. The van der Waals surface area contributed by atoms with Crippen molar-refractivity contribution in [2.45, 2.75) is 5.33 Å². The van der Waals surface area contributed by atoms with Crippen LogP contribution in [0.15, 0.2) is 34.9 Å². The highest BCUT2D eigenvalue weighted by atomic mass is 79.9. The van der Waals surface area contributed by atoms with Crippen LogP contribution in [0.3, 0.4) is 0 Å². The monoisotopic (exact) mass is 252 g/mol. The quantitative estimate of drug-likeness (QED) is 0.661. The summed E-state index contributed by atoms with van der Waals surface area (Å²) in [5.74, 6) is 0.817. The minimum Gasteiger partial charge on any atom is -0.399 e. The Morgan fingerprint density at radius 2 is 2.00 bits per heavy atom. The number of alkyl halides is 1. The molecule has 0 unspecified atom stereocenters. The van der Waals surface area contributed by atoms with Crippen LogP contribution in [0.5, 0.6) is 0 Å². The second kappa shape index (κ2) is 3.84. The molecule has 1 heterocycles. The van der Waals surface area contributed by atoms with Gasteiger partial charge in [-0.25, -0.2) is 0 Å². The summed E-state index contributed by atoms with van der Waals surface area (Å²) >= 11 is 3.30. The summed E-state index contributed by atoms with van der Waals surface area (Å²) in [4.78, 5) is 0. The molecule has 2 N–H and O–H groups in total. The molecule has 4 heteroatoms. The fraction of sp³-hybridized carbons (Fsp3) is 0.100. The van der Waals surface area contributed by atoms with E-state index in [0.717, 1.165) is 22.7 Å². The molecule has 0 saturated heterocycles. The van der Waals surface area contributed by atoms with E-state index in [-0.39, 0.29) is 0 Å². The maximum atomic E-state index is 5.58. The fourth-order valence-corrected chi connectivity index (χ4v) is 1.43. The Kier molecular flexibility index (Phi) is 2.54. The summed E-state index contributed by atoms with van der Waals surface area (Å²) in [6, 6.07) is 9.44. The molecule has 0 aliphatic carbocycles. The van der Waals surface area contributed by atoms with Crippen LogP contribution < -0.4 is 5.73 Å². The number of rotatable bonds is 2. The van der Waals surface area contributed by atoms with Gasteiger partial charge in [-0.05, 0) is 12.1 Å². The lowest BCUT2D eigenvalue weighted by Crippen LogP contribution is -1.83. The molecule has 0 radical (unpaired) electrons. The van der Waals surface area contributed by atoms with E-state index >= 15 is 0 Å². The van der Waals surface area contributed by atoms with Gasteiger partial charge in [0, 0.05) is 17.3 Å². The molecule has 0 aliphatic rings. The second-order valence-corrected chi connectivity index (χ2v) is 3.49. The maximum Gasteiger partial charge on any atom is 0.147 e. The van der Waals surface area contributed by atoms with Gasteiger partial charge in [0.25, 0.3) is 0 Å². The molecular weight excluding hydrogens is 244 g/mol. The zero-order chi connectivity index (χ0) is 9.97. The van der Waals surface area contributed by atoms with Crippen LogP contribution in [-0.2, 0) is 5.33 Å².